The quantitative estimate of drug-likeness (QED) is 0.685. The monoisotopic (exact) mass is 370 g/mol. The number of carbonyl (C=O) groups is 2. The number of carbonyl (C=O) groups excluding carboxylic acids is 2. The summed E-state index contributed by atoms with van der Waals surface area (Å²) >= 11 is 0. The van der Waals surface area contributed by atoms with Crippen LogP contribution in [0.4, 0.5) is 0 Å². The average Bonchev–Trinajstić information content (AvgIpc) is 3.34. The summed E-state index contributed by atoms with van der Waals surface area (Å²) in [6.07, 6.45) is 2.29. The van der Waals surface area contributed by atoms with Crippen LogP contribution in [0.3, 0.4) is 0 Å². The zero-order valence-corrected chi connectivity index (χ0v) is 16.1. The summed E-state index contributed by atoms with van der Waals surface area (Å²) in [7, 11) is 0. The van der Waals surface area contributed by atoms with Crippen molar-refractivity contribution in [3.8, 4) is 5.75 Å². The molecule has 0 aliphatic carbocycles. The van der Waals surface area contributed by atoms with Crippen LogP contribution in [0, 0.1) is 0 Å². The molecule has 0 bridgehead atoms. The highest BCUT2D eigenvalue weighted by atomic mass is 16.5. The lowest BCUT2D eigenvalue weighted by molar-refractivity contribution is -0.134. The van der Waals surface area contributed by atoms with Crippen molar-refractivity contribution in [2.75, 3.05) is 13.2 Å². The zero-order valence-electron chi connectivity index (χ0n) is 16.1. The van der Waals surface area contributed by atoms with Crippen molar-refractivity contribution in [1.82, 2.24) is 10.1 Å². The molecule has 6 nitrogen and oxygen atoms in total. The maximum atomic E-state index is 12.7. The Labute approximate surface area is 159 Å². The van der Waals surface area contributed by atoms with E-state index in [1.165, 1.54) is 0 Å². The lowest BCUT2D eigenvalue weighted by atomic mass is 10.1. The molecule has 3 rings (SSSR count). The van der Waals surface area contributed by atoms with Crippen molar-refractivity contribution in [2.24, 2.45) is 0 Å². The van der Waals surface area contributed by atoms with Crippen LogP contribution in [-0.4, -0.2) is 34.9 Å². The first-order chi connectivity index (χ1) is 13.0. The second-order valence-corrected chi connectivity index (χ2v) is 7.14. The summed E-state index contributed by atoms with van der Waals surface area (Å²) in [5.41, 5.74) is 1.47. The second-order valence-electron chi connectivity index (χ2n) is 7.14. The molecule has 0 N–H and O–H groups in total. The predicted octanol–water partition coefficient (Wildman–Crippen LogP) is 4.13. The fraction of sp³-hybridized carbons (Fsp3) is 0.476. The number of aromatic nitrogens is 1. The largest absolute Gasteiger partial charge is 0.484 e. The van der Waals surface area contributed by atoms with Crippen LogP contribution in [-0.2, 0) is 4.79 Å². The maximum absolute atomic E-state index is 12.7. The molecule has 27 heavy (non-hydrogen) atoms. The van der Waals surface area contributed by atoms with Crippen LogP contribution < -0.4 is 4.74 Å². The van der Waals surface area contributed by atoms with Crippen molar-refractivity contribution in [3.63, 3.8) is 0 Å². The zero-order chi connectivity index (χ0) is 19.4. The smallest absolute Gasteiger partial charge is 0.261 e. The topological polar surface area (TPSA) is 72.6 Å². The summed E-state index contributed by atoms with van der Waals surface area (Å²) < 4.78 is 11.0. The van der Waals surface area contributed by atoms with E-state index < -0.39 is 0 Å². The van der Waals surface area contributed by atoms with Gasteiger partial charge in [0.2, 0.25) is 0 Å². The third-order valence-electron chi connectivity index (χ3n) is 4.89. The van der Waals surface area contributed by atoms with Crippen molar-refractivity contribution < 1.29 is 18.8 Å². The average molecular weight is 370 g/mol. The van der Waals surface area contributed by atoms with Gasteiger partial charge in [0.15, 0.2) is 12.4 Å². The SMILES string of the molecule is CCC(=O)c1ccc(OCC(=O)N2CCC[C@@H]2c2cc(C(C)C)on2)cc1. The minimum absolute atomic E-state index is 0.0353. The Kier molecular flexibility index (Phi) is 5.94. The summed E-state index contributed by atoms with van der Waals surface area (Å²) in [5.74, 6) is 1.70. The van der Waals surface area contributed by atoms with Crippen molar-refractivity contribution >= 4 is 11.7 Å². The van der Waals surface area contributed by atoms with E-state index in [0.29, 0.717) is 24.3 Å². The van der Waals surface area contributed by atoms with E-state index in [1.54, 1.807) is 24.3 Å². The molecule has 1 amide bonds. The van der Waals surface area contributed by atoms with Crippen LogP contribution in [0.15, 0.2) is 34.9 Å². The molecule has 0 spiro atoms. The van der Waals surface area contributed by atoms with Gasteiger partial charge in [0.25, 0.3) is 5.91 Å². The Hall–Kier alpha value is -2.63. The Morgan fingerprint density at radius 3 is 2.67 bits per heavy atom. The molecule has 1 aromatic carbocycles. The molecule has 1 saturated heterocycles. The van der Waals surface area contributed by atoms with E-state index in [4.69, 9.17) is 9.26 Å². The number of amides is 1. The molecule has 1 aliphatic heterocycles. The van der Waals surface area contributed by atoms with Crippen LogP contribution in [0.1, 0.15) is 73.8 Å². The van der Waals surface area contributed by atoms with Crippen molar-refractivity contribution in [3.05, 3.63) is 47.3 Å². The second kappa shape index (κ2) is 8.37. The highest BCUT2D eigenvalue weighted by Crippen LogP contribution is 2.32. The van der Waals surface area contributed by atoms with Gasteiger partial charge in [-0.15, -0.1) is 0 Å². The van der Waals surface area contributed by atoms with Crippen LogP contribution in [0.2, 0.25) is 0 Å². The van der Waals surface area contributed by atoms with E-state index in [9.17, 15) is 9.59 Å². The van der Waals surface area contributed by atoms with Gasteiger partial charge in [-0.05, 0) is 37.1 Å². The number of likely N-dealkylation sites (tertiary alicyclic amines) is 1. The number of benzene rings is 1. The third kappa shape index (κ3) is 4.38. The van der Waals surface area contributed by atoms with Crippen molar-refractivity contribution in [2.45, 2.75) is 52.0 Å². The molecule has 2 heterocycles. The molecule has 6 heteroatoms. The first-order valence-corrected chi connectivity index (χ1v) is 9.51. The highest BCUT2D eigenvalue weighted by molar-refractivity contribution is 5.95. The first-order valence-electron chi connectivity index (χ1n) is 9.51. The van der Waals surface area contributed by atoms with E-state index in [0.717, 1.165) is 24.3 Å². The Bertz CT molecular complexity index is 795. The van der Waals surface area contributed by atoms with Crippen LogP contribution in [0.5, 0.6) is 5.75 Å². The van der Waals surface area contributed by atoms with Gasteiger partial charge in [-0.2, -0.15) is 0 Å². The fourth-order valence-electron chi connectivity index (χ4n) is 3.27. The number of rotatable bonds is 7. The van der Waals surface area contributed by atoms with E-state index >= 15 is 0 Å². The molecule has 0 radical (unpaired) electrons. The summed E-state index contributed by atoms with van der Waals surface area (Å²) in [4.78, 5) is 26.1. The molecule has 0 saturated carbocycles. The number of nitrogens with zero attached hydrogens (tertiary/aromatic N) is 2. The molecular formula is C21H26N2O4. The van der Waals surface area contributed by atoms with E-state index in [2.05, 4.69) is 19.0 Å². The molecule has 1 aliphatic rings. The Morgan fingerprint density at radius 1 is 1.30 bits per heavy atom. The number of ether oxygens (including phenoxy) is 1. The van der Waals surface area contributed by atoms with Crippen LogP contribution >= 0.6 is 0 Å². The molecule has 0 unspecified atom stereocenters. The summed E-state index contributed by atoms with van der Waals surface area (Å²) in [5, 5.41) is 4.16. The number of hydrogen-bond donors (Lipinski definition) is 0. The fourth-order valence-corrected chi connectivity index (χ4v) is 3.27. The number of hydrogen-bond acceptors (Lipinski definition) is 5. The van der Waals surface area contributed by atoms with Crippen LogP contribution in [0.25, 0.3) is 0 Å². The molecule has 1 fully saturated rings. The Morgan fingerprint density at radius 2 is 2.04 bits per heavy atom. The normalized spacial score (nSPS) is 16.7. The first kappa shape index (κ1) is 19.1. The number of Topliss-reactive ketones (excluding diaryl/α,β-unsaturated/α-hetero) is 1. The van der Waals surface area contributed by atoms with E-state index in [1.807, 2.05) is 17.9 Å². The van der Waals surface area contributed by atoms with Crippen molar-refractivity contribution in [1.29, 1.82) is 0 Å². The van der Waals surface area contributed by atoms with Gasteiger partial charge in [-0.3, -0.25) is 9.59 Å². The molecular weight excluding hydrogens is 344 g/mol. The molecule has 144 valence electrons. The predicted molar refractivity (Wildman–Crippen MR) is 101 cm³/mol. The lowest BCUT2D eigenvalue weighted by Crippen LogP contribution is -2.34. The van der Waals surface area contributed by atoms with Gasteiger partial charge in [-0.1, -0.05) is 25.9 Å². The van der Waals surface area contributed by atoms with E-state index in [-0.39, 0.29) is 30.3 Å². The minimum Gasteiger partial charge on any atom is -0.484 e. The number of ketones is 1. The highest BCUT2D eigenvalue weighted by Gasteiger charge is 2.32. The molecule has 1 atom stereocenters. The lowest BCUT2D eigenvalue weighted by Gasteiger charge is -2.23. The van der Waals surface area contributed by atoms with Gasteiger partial charge in [0.05, 0.1) is 6.04 Å². The van der Waals surface area contributed by atoms with Gasteiger partial charge < -0.3 is 14.2 Å². The third-order valence-corrected chi connectivity index (χ3v) is 4.89. The van der Waals surface area contributed by atoms with Gasteiger partial charge >= 0.3 is 0 Å². The Balaban J connectivity index is 1.60. The molecule has 2 aromatic rings. The van der Waals surface area contributed by atoms with Gasteiger partial charge in [0.1, 0.15) is 17.2 Å². The minimum atomic E-state index is -0.0692. The summed E-state index contributed by atoms with van der Waals surface area (Å²) in [6, 6.07) is 8.81. The van der Waals surface area contributed by atoms with Gasteiger partial charge in [0, 0.05) is 30.5 Å². The van der Waals surface area contributed by atoms with Gasteiger partial charge in [-0.25, -0.2) is 0 Å². The standard InChI is InChI=1S/C21H26N2O4/c1-4-19(24)15-7-9-16(10-8-15)26-13-21(25)23-11-5-6-18(23)17-12-20(14(2)3)27-22-17/h7-10,12,14,18H,4-6,11,13H2,1-3H3/t18-/m1/s1. The maximum Gasteiger partial charge on any atom is 0.261 e. The molecule has 1 aromatic heterocycles. The summed E-state index contributed by atoms with van der Waals surface area (Å²) in [6.45, 7) is 6.59.